The summed E-state index contributed by atoms with van der Waals surface area (Å²) in [5.74, 6) is 8.54. The van der Waals surface area contributed by atoms with Crippen molar-refractivity contribution in [3.05, 3.63) is 39.5 Å². The van der Waals surface area contributed by atoms with Crippen LogP contribution in [0.5, 0.6) is 5.88 Å². The molecule has 1 aliphatic rings. The molecule has 7 heteroatoms. The minimum Gasteiger partial charge on any atom is -0.480 e. The number of ether oxygens (including phenoxy) is 1. The topological polar surface area (TPSA) is 73.1 Å². The van der Waals surface area contributed by atoms with Gasteiger partial charge in [-0.2, -0.15) is 11.8 Å². The molecular formula is C13H16N4OS2. The minimum absolute atomic E-state index is 0.181. The number of hydrogen-bond donors (Lipinski definition) is 2. The van der Waals surface area contributed by atoms with Crippen molar-refractivity contribution in [2.24, 2.45) is 5.84 Å². The molecule has 1 unspecified atom stereocenters. The molecule has 106 valence electrons. The van der Waals surface area contributed by atoms with Crippen molar-refractivity contribution in [3.8, 4) is 5.88 Å². The molecule has 2 aromatic rings. The van der Waals surface area contributed by atoms with Gasteiger partial charge >= 0.3 is 0 Å². The number of hydrazine groups is 1. The molecule has 5 nitrogen and oxygen atoms in total. The van der Waals surface area contributed by atoms with Crippen molar-refractivity contribution in [3.63, 3.8) is 0 Å². The highest BCUT2D eigenvalue weighted by Gasteiger charge is 2.24. The van der Waals surface area contributed by atoms with E-state index in [0.29, 0.717) is 5.88 Å². The van der Waals surface area contributed by atoms with Gasteiger partial charge in [-0.25, -0.2) is 10.4 Å². The van der Waals surface area contributed by atoms with Crippen LogP contribution in [0.15, 0.2) is 18.5 Å². The molecule has 20 heavy (non-hydrogen) atoms. The van der Waals surface area contributed by atoms with Gasteiger partial charge in [0, 0.05) is 27.9 Å². The first kappa shape index (κ1) is 13.8. The van der Waals surface area contributed by atoms with Crippen LogP contribution >= 0.6 is 23.1 Å². The maximum atomic E-state index is 5.75. The SMILES string of the molecule is COc1nccnc1C(NN)c1cc2c(s1)CCSC2. The van der Waals surface area contributed by atoms with Gasteiger partial charge in [0.15, 0.2) is 0 Å². The summed E-state index contributed by atoms with van der Waals surface area (Å²) >= 11 is 3.78. The number of fused-ring (bicyclic) bond motifs is 1. The second-order valence-electron chi connectivity index (χ2n) is 4.45. The van der Waals surface area contributed by atoms with Gasteiger partial charge in [0.05, 0.1) is 7.11 Å². The maximum Gasteiger partial charge on any atom is 0.237 e. The first-order valence-corrected chi connectivity index (χ1v) is 8.31. The number of thioether (sulfide) groups is 1. The third-order valence-corrected chi connectivity index (χ3v) is 5.57. The summed E-state index contributed by atoms with van der Waals surface area (Å²) in [4.78, 5) is 11.2. The summed E-state index contributed by atoms with van der Waals surface area (Å²) in [6.45, 7) is 0. The predicted molar refractivity (Wildman–Crippen MR) is 81.9 cm³/mol. The van der Waals surface area contributed by atoms with Crippen molar-refractivity contribution in [1.82, 2.24) is 15.4 Å². The average Bonchev–Trinajstić information content (AvgIpc) is 2.92. The number of thiophene rings is 1. The number of rotatable bonds is 4. The smallest absolute Gasteiger partial charge is 0.237 e. The van der Waals surface area contributed by atoms with E-state index in [1.807, 2.05) is 11.8 Å². The molecule has 0 saturated heterocycles. The van der Waals surface area contributed by atoms with Crippen molar-refractivity contribution in [2.45, 2.75) is 18.2 Å². The van der Waals surface area contributed by atoms with E-state index in [-0.39, 0.29) is 6.04 Å². The lowest BCUT2D eigenvalue weighted by Crippen LogP contribution is -2.29. The van der Waals surface area contributed by atoms with E-state index in [2.05, 4.69) is 21.5 Å². The Hall–Kier alpha value is -1.15. The van der Waals surface area contributed by atoms with Crippen LogP contribution in [-0.4, -0.2) is 22.8 Å². The van der Waals surface area contributed by atoms with E-state index in [4.69, 9.17) is 10.6 Å². The fourth-order valence-electron chi connectivity index (χ4n) is 2.30. The van der Waals surface area contributed by atoms with Crippen LogP contribution in [0.3, 0.4) is 0 Å². The zero-order chi connectivity index (χ0) is 13.9. The number of aryl methyl sites for hydroxylation is 1. The molecule has 0 amide bonds. The van der Waals surface area contributed by atoms with Gasteiger partial charge in [-0.1, -0.05) is 0 Å². The van der Waals surface area contributed by atoms with E-state index >= 15 is 0 Å². The van der Waals surface area contributed by atoms with Crippen LogP contribution in [-0.2, 0) is 12.2 Å². The van der Waals surface area contributed by atoms with E-state index in [1.54, 1.807) is 30.8 Å². The summed E-state index contributed by atoms with van der Waals surface area (Å²) in [7, 11) is 1.59. The second-order valence-corrected chi connectivity index (χ2v) is 6.72. The van der Waals surface area contributed by atoms with Gasteiger partial charge in [-0.05, 0) is 23.8 Å². The van der Waals surface area contributed by atoms with Crippen LogP contribution in [0, 0.1) is 0 Å². The highest BCUT2D eigenvalue weighted by Crippen LogP contribution is 2.37. The highest BCUT2D eigenvalue weighted by atomic mass is 32.2. The van der Waals surface area contributed by atoms with Gasteiger partial charge in [0.25, 0.3) is 0 Å². The largest absolute Gasteiger partial charge is 0.480 e. The standard InChI is InChI=1S/C13H16N4OS2/c1-18-13-12(15-3-4-16-13)11(17-14)10-6-8-7-19-5-2-9(8)20-10/h3-4,6,11,17H,2,5,7,14H2,1H3. The van der Waals surface area contributed by atoms with Crippen LogP contribution in [0.25, 0.3) is 0 Å². The van der Waals surface area contributed by atoms with Gasteiger partial charge in [-0.3, -0.25) is 10.8 Å². The number of nitrogens with two attached hydrogens (primary N) is 1. The Labute approximate surface area is 125 Å². The van der Waals surface area contributed by atoms with Crippen molar-refractivity contribution in [1.29, 1.82) is 0 Å². The van der Waals surface area contributed by atoms with Crippen molar-refractivity contribution >= 4 is 23.1 Å². The van der Waals surface area contributed by atoms with Crippen LogP contribution in [0.1, 0.15) is 27.1 Å². The first-order valence-electron chi connectivity index (χ1n) is 6.33. The molecule has 0 radical (unpaired) electrons. The molecule has 1 aliphatic heterocycles. The van der Waals surface area contributed by atoms with Gasteiger partial charge < -0.3 is 4.74 Å². The Morgan fingerprint density at radius 3 is 3.00 bits per heavy atom. The molecule has 3 heterocycles. The maximum absolute atomic E-state index is 5.75. The molecular weight excluding hydrogens is 292 g/mol. The Morgan fingerprint density at radius 1 is 1.40 bits per heavy atom. The van der Waals surface area contributed by atoms with Crippen LogP contribution < -0.4 is 16.0 Å². The minimum atomic E-state index is -0.181. The zero-order valence-electron chi connectivity index (χ0n) is 11.1. The van der Waals surface area contributed by atoms with E-state index in [1.165, 1.54) is 21.1 Å². The van der Waals surface area contributed by atoms with Gasteiger partial charge in [0.1, 0.15) is 11.7 Å². The quantitative estimate of drug-likeness (QED) is 0.664. The monoisotopic (exact) mass is 308 g/mol. The van der Waals surface area contributed by atoms with Crippen LogP contribution in [0.2, 0.25) is 0 Å². The predicted octanol–water partition coefficient (Wildman–Crippen LogP) is 1.89. The molecule has 0 fully saturated rings. The van der Waals surface area contributed by atoms with E-state index in [9.17, 15) is 0 Å². The summed E-state index contributed by atoms with van der Waals surface area (Å²) in [5, 5.41) is 0. The van der Waals surface area contributed by atoms with Crippen LogP contribution in [0.4, 0.5) is 0 Å². The molecule has 3 rings (SSSR count). The number of nitrogens with zero attached hydrogens (tertiary/aromatic N) is 2. The number of nitrogens with one attached hydrogen (secondary N) is 1. The second kappa shape index (κ2) is 6.09. The molecule has 1 atom stereocenters. The van der Waals surface area contributed by atoms with E-state index < -0.39 is 0 Å². The lowest BCUT2D eigenvalue weighted by Gasteiger charge is -2.15. The van der Waals surface area contributed by atoms with Gasteiger partial charge in [0.2, 0.25) is 5.88 Å². The fraction of sp³-hybridized carbons (Fsp3) is 0.385. The Morgan fingerprint density at radius 2 is 2.25 bits per heavy atom. The van der Waals surface area contributed by atoms with Crippen molar-refractivity contribution < 1.29 is 4.74 Å². The third kappa shape index (κ3) is 2.54. The number of hydrogen-bond acceptors (Lipinski definition) is 7. The zero-order valence-corrected chi connectivity index (χ0v) is 12.8. The molecule has 0 aromatic carbocycles. The Bertz CT molecular complexity index is 578. The summed E-state index contributed by atoms with van der Waals surface area (Å²) in [5.41, 5.74) is 4.99. The van der Waals surface area contributed by atoms with Gasteiger partial charge in [-0.15, -0.1) is 11.3 Å². The molecule has 0 spiro atoms. The first-order chi connectivity index (χ1) is 9.83. The van der Waals surface area contributed by atoms with E-state index in [0.717, 1.165) is 17.9 Å². The molecule has 0 saturated carbocycles. The summed E-state index contributed by atoms with van der Waals surface area (Å²) < 4.78 is 5.28. The lowest BCUT2D eigenvalue weighted by atomic mass is 10.1. The molecule has 2 aromatic heterocycles. The molecule has 3 N–H and O–H groups in total. The Balaban J connectivity index is 1.99. The third-order valence-electron chi connectivity index (χ3n) is 3.26. The number of aromatic nitrogens is 2. The summed E-state index contributed by atoms with van der Waals surface area (Å²) in [6.07, 6.45) is 4.41. The number of methoxy groups -OCH3 is 1. The normalized spacial score (nSPS) is 15.7. The van der Waals surface area contributed by atoms with Crippen molar-refractivity contribution in [2.75, 3.05) is 12.9 Å². The summed E-state index contributed by atoms with van der Waals surface area (Å²) in [6, 6.07) is 2.05. The molecule has 0 aliphatic carbocycles. The average molecular weight is 308 g/mol. The fourth-order valence-corrected chi connectivity index (χ4v) is 4.74. The molecule has 0 bridgehead atoms. The Kier molecular flexibility index (Phi) is 4.21. The lowest BCUT2D eigenvalue weighted by molar-refractivity contribution is 0.383. The highest BCUT2D eigenvalue weighted by molar-refractivity contribution is 7.98.